The molecule has 0 heterocycles. The van der Waals surface area contributed by atoms with E-state index in [1.54, 1.807) is 0 Å². The molecule has 3 heteroatoms. The Morgan fingerprint density at radius 2 is 1.90 bits per heavy atom. The van der Waals surface area contributed by atoms with E-state index < -0.39 is 0 Å². The predicted octanol–water partition coefficient (Wildman–Crippen LogP) is 3.62. The molecule has 0 aliphatic carbocycles. The zero-order valence-electron chi connectivity index (χ0n) is 12.2. The third kappa shape index (κ3) is 3.87. The Labute approximate surface area is 126 Å². The average molecular weight is 293 g/mol. The number of hydrogen-bond donors (Lipinski definition) is 1. The molecule has 20 heavy (non-hydrogen) atoms. The Bertz CT molecular complexity index is 556. The summed E-state index contributed by atoms with van der Waals surface area (Å²) in [4.78, 5) is 0. The Hall–Kier alpha value is -1.25. The van der Waals surface area contributed by atoms with Crippen LogP contribution in [0.5, 0.6) is 5.75 Å². The Kier molecular flexibility index (Phi) is 5.69. The van der Waals surface area contributed by atoms with Gasteiger partial charge in [-0.05, 0) is 25.5 Å². The van der Waals surface area contributed by atoms with Gasteiger partial charge in [0.25, 0.3) is 0 Å². The van der Waals surface area contributed by atoms with Crippen LogP contribution in [0.25, 0.3) is 10.8 Å². The van der Waals surface area contributed by atoms with E-state index in [-0.39, 0.29) is 0 Å². The first-order valence-electron chi connectivity index (χ1n) is 7.35. The summed E-state index contributed by atoms with van der Waals surface area (Å²) in [5.74, 6) is 0.925. The number of fused-ring (bicyclic) bond motifs is 1. The summed E-state index contributed by atoms with van der Waals surface area (Å²) >= 11 is 6.20. The van der Waals surface area contributed by atoms with Gasteiger partial charge in [-0.15, -0.1) is 0 Å². The number of quaternary nitrogens is 1. The lowest BCUT2D eigenvalue weighted by atomic mass is 10.1. The van der Waals surface area contributed by atoms with E-state index >= 15 is 0 Å². The van der Waals surface area contributed by atoms with Gasteiger partial charge in [-0.3, -0.25) is 0 Å². The minimum absolute atomic E-state index is 0.700. The lowest BCUT2D eigenvalue weighted by Crippen LogP contribution is -2.89. The first-order valence-corrected chi connectivity index (χ1v) is 7.73. The van der Waals surface area contributed by atoms with Crippen LogP contribution in [0.2, 0.25) is 5.02 Å². The number of benzene rings is 2. The van der Waals surface area contributed by atoms with E-state index in [1.165, 1.54) is 6.42 Å². The van der Waals surface area contributed by atoms with Crippen LogP contribution < -0.4 is 10.1 Å². The molecule has 2 aromatic carbocycles. The molecule has 0 amide bonds. The van der Waals surface area contributed by atoms with E-state index in [0.29, 0.717) is 6.04 Å². The molecular weight excluding hydrogens is 270 g/mol. The molecule has 0 saturated heterocycles. The van der Waals surface area contributed by atoms with Crippen molar-refractivity contribution < 1.29 is 10.1 Å². The van der Waals surface area contributed by atoms with Crippen LogP contribution in [0.15, 0.2) is 36.4 Å². The normalized spacial score (nSPS) is 12.6. The molecule has 0 aromatic heterocycles. The first kappa shape index (κ1) is 15.1. The summed E-state index contributed by atoms with van der Waals surface area (Å²) < 4.78 is 5.91. The molecule has 2 rings (SSSR count). The monoisotopic (exact) mass is 292 g/mol. The van der Waals surface area contributed by atoms with E-state index in [0.717, 1.165) is 41.1 Å². The van der Waals surface area contributed by atoms with Crippen LogP contribution in [-0.2, 0) is 0 Å². The molecule has 0 saturated carbocycles. The quantitative estimate of drug-likeness (QED) is 0.775. The van der Waals surface area contributed by atoms with Gasteiger partial charge >= 0.3 is 0 Å². The molecule has 0 aliphatic heterocycles. The number of ether oxygens (including phenoxy) is 1. The van der Waals surface area contributed by atoms with E-state index in [4.69, 9.17) is 16.3 Å². The van der Waals surface area contributed by atoms with Gasteiger partial charge in [0.1, 0.15) is 5.75 Å². The number of rotatable bonds is 7. The molecule has 2 N–H and O–H groups in total. The molecule has 2 nitrogen and oxygen atoms in total. The fourth-order valence-electron chi connectivity index (χ4n) is 2.20. The maximum absolute atomic E-state index is 6.20. The van der Waals surface area contributed by atoms with Crippen LogP contribution in [0.3, 0.4) is 0 Å². The summed E-state index contributed by atoms with van der Waals surface area (Å²) in [5, 5.41) is 5.30. The van der Waals surface area contributed by atoms with Crippen molar-refractivity contribution >= 4 is 22.4 Å². The van der Waals surface area contributed by atoms with Crippen molar-refractivity contribution in [2.45, 2.75) is 32.7 Å². The third-order valence-electron chi connectivity index (χ3n) is 3.65. The standard InChI is InChI=1S/C17H22ClNO/c1-3-13(2)19-11-6-12-20-17-10-9-16(18)14-7-4-5-8-15(14)17/h4-5,7-10,13,19H,3,6,11-12H2,1-2H3/p+1/t13-/m0/s1. The maximum Gasteiger partial charge on any atom is 0.127 e. The van der Waals surface area contributed by atoms with Crippen molar-refractivity contribution in [2.24, 2.45) is 0 Å². The number of halogens is 1. The molecule has 0 fully saturated rings. The third-order valence-corrected chi connectivity index (χ3v) is 3.98. The molecule has 0 unspecified atom stereocenters. The maximum atomic E-state index is 6.20. The van der Waals surface area contributed by atoms with Gasteiger partial charge in [0.05, 0.1) is 19.2 Å². The van der Waals surface area contributed by atoms with Crippen LogP contribution >= 0.6 is 11.6 Å². The fraction of sp³-hybridized carbons (Fsp3) is 0.412. The minimum atomic E-state index is 0.700. The zero-order chi connectivity index (χ0) is 14.4. The fourth-order valence-corrected chi connectivity index (χ4v) is 2.42. The van der Waals surface area contributed by atoms with Crippen LogP contribution in [0.4, 0.5) is 0 Å². The smallest absolute Gasteiger partial charge is 0.127 e. The summed E-state index contributed by atoms with van der Waals surface area (Å²) in [6.07, 6.45) is 2.27. The van der Waals surface area contributed by atoms with Crippen LogP contribution in [0.1, 0.15) is 26.7 Å². The summed E-state index contributed by atoms with van der Waals surface area (Å²) in [6.45, 7) is 6.34. The van der Waals surface area contributed by atoms with Crippen molar-refractivity contribution in [3.63, 3.8) is 0 Å². The average Bonchev–Trinajstić information content (AvgIpc) is 2.49. The summed E-state index contributed by atoms with van der Waals surface area (Å²) in [6, 6.07) is 12.7. The molecule has 0 radical (unpaired) electrons. The molecular formula is C17H23ClNO+. The van der Waals surface area contributed by atoms with E-state index in [9.17, 15) is 0 Å². The molecule has 2 aromatic rings. The van der Waals surface area contributed by atoms with Crippen molar-refractivity contribution in [3.8, 4) is 5.75 Å². The number of hydrogen-bond acceptors (Lipinski definition) is 1. The van der Waals surface area contributed by atoms with Gasteiger partial charge in [0.2, 0.25) is 0 Å². The minimum Gasteiger partial charge on any atom is -0.493 e. The highest BCUT2D eigenvalue weighted by Gasteiger charge is 2.05. The van der Waals surface area contributed by atoms with E-state index in [2.05, 4.69) is 25.2 Å². The lowest BCUT2D eigenvalue weighted by molar-refractivity contribution is -0.686. The highest BCUT2D eigenvalue weighted by Crippen LogP contribution is 2.31. The first-order chi connectivity index (χ1) is 9.72. The Balaban J connectivity index is 1.92. The van der Waals surface area contributed by atoms with Crippen molar-refractivity contribution in [1.82, 2.24) is 0 Å². The van der Waals surface area contributed by atoms with Crippen molar-refractivity contribution in [3.05, 3.63) is 41.4 Å². The number of nitrogens with two attached hydrogens (primary N) is 1. The topological polar surface area (TPSA) is 25.8 Å². The van der Waals surface area contributed by atoms with Gasteiger partial charge in [-0.25, -0.2) is 0 Å². The second kappa shape index (κ2) is 7.51. The SMILES string of the molecule is CC[C@H](C)[NH2+]CCCOc1ccc(Cl)c2ccccc12. The largest absolute Gasteiger partial charge is 0.493 e. The Morgan fingerprint density at radius 3 is 2.65 bits per heavy atom. The summed E-state index contributed by atoms with van der Waals surface area (Å²) in [5.41, 5.74) is 0. The molecule has 0 bridgehead atoms. The highest BCUT2D eigenvalue weighted by molar-refractivity contribution is 6.35. The zero-order valence-corrected chi connectivity index (χ0v) is 13.0. The van der Waals surface area contributed by atoms with Gasteiger partial charge in [0, 0.05) is 22.2 Å². The van der Waals surface area contributed by atoms with Gasteiger partial charge in [0.15, 0.2) is 0 Å². The predicted molar refractivity (Wildman–Crippen MR) is 85.6 cm³/mol. The van der Waals surface area contributed by atoms with Crippen LogP contribution in [0, 0.1) is 0 Å². The van der Waals surface area contributed by atoms with Gasteiger partial charge in [-0.2, -0.15) is 0 Å². The molecule has 0 aliphatic rings. The lowest BCUT2D eigenvalue weighted by Gasteiger charge is -2.11. The van der Waals surface area contributed by atoms with Crippen LogP contribution in [-0.4, -0.2) is 19.2 Å². The molecule has 108 valence electrons. The second-order valence-electron chi connectivity index (χ2n) is 5.20. The summed E-state index contributed by atoms with van der Waals surface area (Å²) in [7, 11) is 0. The van der Waals surface area contributed by atoms with Gasteiger partial charge in [-0.1, -0.05) is 42.8 Å². The second-order valence-corrected chi connectivity index (χ2v) is 5.61. The van der Waals surface area contributed by atoms with E-state index in [1.807, 2.05) is 30.3 Å². The molecule has 1 atom stereocenters. The van der Waals surface area contributed by atoms with Gasteiger partial charge < -0.3 is 10.1 Å². The van der Waals surface area contributed by atoms with Crippen molar-refractivity contribution in [2.75, 3.05) is 13.2 Å². The molecule has 0 spiro atoms. The van der Waals surface area contributed by atoms with Crippen molar-refractivity contribution in [1.29, 1.82) is 0 Å². The highest BCUT2D eigenvalue weighted by atomic mass is 35.5. The Morgan fingerprint density at radius 1 is 1.15 bits per heavy atom.